The van der Waals surface area contributed by atoms with Crippen LogP contribution in [0.3, 0.4) is 0 Å². The number of ketones is 1. The molecule has 2 aliphatic rings. The van der Waals surface area contributed by atoms with E-state index in [0.29, 0.717) is 24.4 Å². The highest BCUT2D eigenvalue weighted by Gasteiger charge is 2.56. The fourth-order valence-corrected chi connectivity index (χ4v) is 12.7. The maximum absolute atomic E-state index is 14.6. The van der Waals surface area contributed by atoms with Crippen molar-refractivity contribution in [3.63, 3.8) is 0 Å². The van der Waals surface area contributed by atoms with Crippen LogP contribution < -0.4 is 20.8 Å². The van der Waals surface area contributed by atoms with Crippen LogP contribution in [0.2, 0.25) is 19.6 Å². The maximum Gasteiger partial charge on any atom is 0.414 e. The van der Waals surface area contributed by atoms with Gasteiger partial charge in [-0.05, 0) is 66.7 Å². The van der Waals surface area contributed by atoms with Gasteiger partial charge < -0.3 is 19.2 Å². The van der Waals surface area contributed by atoms with E-state index in [1.165, 1.54) is 9.80 Å². The topological polar surface area (TPSA) is 113 Å². The summed E-state index contributed by atoms with van der Waals surface area (Å²) >= 11 is 0. The molecule has 4 aromatic carbocycles. The number of carboxylic acid groups (broad SMARTS) is 1. The summed E-state index contributed by atoms with van der Waals surface area (Å²) in [4.78, 5) is 57.5. The van der Waals surface area contributed by atoms with Crippen molar-refractivity contribution < 1.29 is 33.4 Å². The van der Waals surface area contributed by atoms with Gasteiger partial charge in [0.15, 0.2) is 14.1 Å². The highest BCUT2D eigenvalue weighted by Crippen LogP contribution is 2.50. The number of benzene rings is 4. The first-order chi connectivity index (χ1) is 23.9. The normalized spacial score (nSPS) is 18.3. The molecule has 0 aliphatic carbocycles. The van der Waals surface area contributed by atoms with Gasteiger partial charge in [0.1, 0.15) is 12.0 Å². The number of β-lactam (4-membered cyclic amide) rings is 1. The van der Waals surface area contributed by atoms with Crippen LogP contribution in [-0.2, 0) is 18.8 Å². The average molecular weight is 709 g/mol. The van der Waals surface area contributed by atoms with Crippen molar-refractivity contribution in [2.45, 2.75) is 45.1 Å². The Morgan fingerprint density at radius 1 is 0.840 bits per heavy atom. The third-order valence-electron chi connectivity index (χ3n) is 9.14. The number of hydrogen-bond donors (Lipinski definition) is 1. The molecule has 0 radical (unpaired) electrons. The number of anilines is 1. The van der Waals surface area contributed by atoms with Gasteiger partial charge in [-0.25, -0.2) is 9.59 Å². The zero-order valence-corrected chi connectivity index (χ0v) is 30.5. The molecule has 6 rings (SSSR count). The molecule has 2 saturated heterocycles. The number of carboxylic acids is 1. The van der Waals surface area contributed by atoms with Gasteiger partial charge >= 0.3 is 12.1 Å². The van der Waals surface area contributed by atoms with Gasteiger partial charge in [-0.2, -0.15) is 0 Å². The molecular weight excluding hydrogens is 667 g/mol. The summed E-state index contributed by atoms with van der Waals surface area (Å²) in [6.45, 7) is 5.44. The Morgan fingerprint density at radius 3 is 1.76 bits per heavy atom. The van der Waals surface area contributed by atoms with Gasteiger partial charge in [0.25, 0.3) is 0 Å². The fraction of sp³-hybridized carbons (Fsp3) is 0.256. The summed E-state index contributed by atoms with van der Waals surface area (Å²) in [5.41, 5.74) is 0.970. The van der Waals surface area contributed by atoms with Gasteiger partial charge in [-0.15, -0.1) is 0 Å². The van der Waals surface area contributed by atoms with E-state index >= 15 is 0 Å². The predicted molar refractivity (Wildman–Crippen MR) is 200 cm³/mol. The van der Waals surface area contributed by atoms with Gasteiger partial charge in [-0.1, -0.05) is 91.0 Å². The number of carbonyl (C=O) groups excluding carboxylic acids is 3. The lowest BCUT2D eigenvalue weighted by molar-refractivity contribution is -0.155. The minimum atomic E-state index is -3.22. The number of amides is 2. The van der Waals surface area contributed by atoms with Crippen LogP contribution in [0.5, 0.6) is 0 Å². The third kappa shape index (κ3) is 6.58. The molecule has 0 aromatic heterocycles. The molecule has 50 heavy (non-hydrogen) atoms. The first-order valence-electron chi connectivity index (χ1n) is 16.7. The summed E-state index contributed by atoms with van der Waals surface area (Å²) in [6, 6.07) is 34.4. The molecule has 2 fully saturated rings. The van der Waals surface area contributed by atoms with Crippen molar-refractivity contribution in [2.24, 2.45) is 5.92 Å². The van der Waals surface area contributed by atoms with E-state index in [9.17, 15) is 24.3 Å². The Morgan fingerprint density at radius 2 is 1.34 bits per heavy atom. The molecule has 0 spiro atoms. The molecule has 0 bridgehead atoms. The second kappa shape index (κ2) is 14.2. The van der Waals surface area contributed by atoms with Crippen LogP contribution in [0.4, 0.5) is 10.5 Å². The molecule has 0 saturated carbocycles. The Bertz CT molecular complexity index is 1840. The molecular formula is C39H41N2O7PSi. The Kier molecular flexibility index (Phi) is 9.98. The lowest BCUT2D eigenvalue weighted by Crippen LogP contribution is -2.69. The molecule has 2 aliphatic heterocycles. The zero-order valence-electron chi connectivity index (χ0n) is 28.6. The van der Waals surface area contributed by atoms with Crippen LogP contribution in [-0.4, -0.2) is 72.8 Å². The van der Waals surface area contributed by atoms with Crippen molar-refractivity contribution in [3.8, 4) is 0 Å². The SMILES string of the molecule is C[C@@H](O[Si](C)(C)C)[C@H]1C(=O)N(C(C(=O)O)=P(c2ccccc2)(c2ccccc2)c2ccccc2)[C@@H]1CC(=O)c1ccc(N2CCOC2=O)cc1. The van der Waals surface area contributed by atoms with Crippen LogP contribution in [0.25, 0.3) is 0 Å². The van der Waals surface area contributed by atoms with Crippen molar-refractivity contribution in [1.29, 1.82) is 0 Å². The molecule has 258 valence electrons. The second-order valence-corrected chi connectivity index (χ2v) is 21.3. The van der Waals surface area contributed by atoms with Crippen LogP contribution in [0.1, 0.15) is 23.7 Å². The van der Waals surface area contributed by atoms with E-state index in [1.807, 2.05) is 118 Å². The number of hydrogen-bond acceptors (Lipinski definition) is 6. The number of rotatable bonds is 12. The quantitative estimate of drug-likeness (QED) is 0.0897. The van der Waals surface area contributed by atoms with Gasteiger partial charge in [0, 0.05) is 24.6 Å². The lowest BCUT2D eigenvalue weighted by atomic mass is 9.79. The molecule has 3 atom stereocenters. The maximum atomic E-state index is 14.6. The Labute approximate surface area is 293 Å². The van der Waals surface area contributed by atoms with Gasteiger partial charge in [-0.3, -0.25) is 14.5 Å². The van der Waals surface area contributed by atoms with Crippen LogP contribution in [0.15, 0.2) is 115 Å². The molecule has 4 aromatic rings. The number of nitrogens with zero attached hydrogens (tertiary/aromatic N) is 2. The standard InChI is InChI=1S/C39H41N2O7PSi/c1-27(48-50(2,3)4)35-33(26-34(42)28-20-22-29(23-21-28)40-24-25-47-39(40)46)41(36(35)43)37(38(44)45)49(30-14-8-5-9-15-30,31-16-10-6-11-17-31)32-18-12-7-13-19-32/h5-23,27,33,35H,24-26H2,1-4H3,(H,44,45)/t27-,33-,35-/m1/s1. The fourth-order valence-electron chi connectivity index (χ4n) is 7.13. The number of likely N-dealkylation sites (tertiary alicyclic amines) is 1. The molecule has 2 amide bonds. The number of aliphatic carboxylic acids is 1. The second-order valence-electron chi connectivity index (χ2n) is 13.5. The molecule has 1 N–H and O–H groups in total. The van der Waals surface area contributed by atoms with Crippen LogP contribution in [0, 0.1) is 5.92 Å². The van der Waals surface area contributed by atoms with Crippen molar-refractivity contribution in [1.82, 2.24) is 4.90 Å². The summed E-state index contributed by atoms with van der Waals surface area (Å²) in [5, 5.41) is 13.7. The average Bonchev–Trinajstić information content (AvgIpc) is 3.54. The third-order valence-corrected chi connectivity index (χ3v) is 14.5. The van der Waals surface area contributed by atoms with Crippen LogP contribution >= 0.6 is 6.89 Å². The van der Waals surface area contributed by atoms with E-state index < -0.39 is 45.3 Å². The number of ether oxygens (including phenoxy) is 1. The smallest absolute Gasteiger partial charge is 0.414 e. The van der Waals surface area contributed by atoms with Gasteiger partial charge in [0.05, 0.1) is 24.6 Å². The Balaban J connectivity index is 1.53. The highest BCUT2D eigenvalue weighted by molar-refractivity contribution is 7.96. The summed E-state index contributed by atoms with van der Waals surface area (Å²) in [7, 11) is -2.13. The molecule has 2 heterocycles. The minimum Gasteiger partial charge on any atom is -0.477 e. The summed E-state index contributed by atoms with van der Waals surface area (Å²) in [5.74, 6) is -2.58. The van der Waals surface area contributed by atoms with E-state index in [0.717, 1.165) is 15.9 Å². The molecule has 0 unspecified atom stereocenters. The monoisotopic (exact) mass is 708 g/mol. The Hall–Kier alpha value is -4.76. The number of cyclic esters (lactones) is 1. The van der Waals surface area contributed by atoms with Gasteiger partial charge in [0.2, 0.25) is 5.91 Å². The molecule has 11 heteroatoms. The minimum absolute atomic E-state index is 0.0387. The van der Waals surface area contributed by atoms with Crippen molar-refractivity contribution >= 4 is 66.0 Å². The number of carbonyl (C=O) groups is 4. The first kappa shape index (κ1) is 35.1. The van der Waals surface area contributed by atoms with E-state index in [2.05, 4.69) is 0 Å². The van der Waals surface area contributed by atoms with Crippen molar-refractivity contribution in [2.75, 3.05) is 18.1 Å². The van der Waals surface area contributed by atoms with E-state index in [4.69, 9.17) is 9.16 Å². The zero-order chi connectivity index (χ0) is 35.6. The summed E-state index contributed by atoms with van der Waals surface area (Å²) in [6.07, 6.45) is -1.10. The highest BCUT2D eigenvalue weighted by atomic mass is 31.2. The predicted octanol–water partition coefficient (Wildman–Crippen LogP) is 5.49. The molecule has 9 nitrogen and oxygen atoms in total. The first-order valence-corrected chi connectivity index (χ1v) is 21.9. The van der Waals surface area contributed by atoms with Crippen molar-refractivity contribution in [3.05, 3.63) is 121 Å². The van der Waals surface area contributed by atoms with E-state index in [1.54, 1.807) is 24.3 Å². The lowest BCUT2D eigenvalue weighted by Gasteiger charge is -2.51. The number of Topliss-reactive ketones (excluding diaryl/α,β-unsaturated/α-hetero) is 1. The van der Waals surface area contributed by atoms with E-state index in [-0.39, 0.29) is 23.5 Å². The summed E-state index contributed by atoms with van der Waals surface area (Å²) < 4.78 is 11.5. The largest absolute Gasteiger partial charge is 0.477 e.